The molecule has 0 aromatic heterocycles. The summed E-state index contributed by atoms with van der Waals surface area (Å²) in [6, 6.07) is 9.11. The van der Waals surface area contributed by atoms with Crippen molar-refractivity contribution in [2.75, 3.05) is 13.2 Å². The van der Waals surface area contributed by atoms with Crippen LogP contribution in [0.2, 0.25) is 0 Å². The number of ether oxygens (including phenoxy) is 2. The fourth-order valence-corrected chi connectivity index (χ4v) is 1.14. The lowest BCUT2D eigenvalue weighted by molar-refractivity contribution is -0.138. The normalized spacial score (nSPS) is 9.53. The van der Waals surface area contributed by atoms with Crippen LogP contribution in [-0.4, -0.2) is 25.2 Å². The Hall–Kier alpha value is -2.54. The zero-order valence-electron chi connectivity index (χ0n) is 10.6. The van der Waals surface area contributed by atoms with E-state index in [1.54, 1.807) is 19.1 Å². The van der Waals surface area contributed by atoms with Gasteiger partial charge in [-0.3, -0.25) is 0 Å². The molecular formula is C15H14O4. The van der Waals surface area contributed by atoms with Crippen molar-refractivity contribution < 1.29 is 19.1 Å². The molecular weight excluding hydrogens is 244 g/mol. The molecule has 1 aromatic rings. The quantitative estimate of drug-likeness (QED) is 0.468. The number of esters is 2. The third kappa shape index (κ3) is 6.69. The van der Waals surface area contributed by atoms with Crippen molar-refractivity contribution in [3.8, 4) is 11.8 Å². The van der Waals surface area contributed by atoms with Crippen molar-refractivity contribution in [3.63, 3.8) is 0 Å². The summed E-state index contributed by atoms with van der Waals surface area (Å²) in [4.78, 5) is 22.2. The van der Waals surface area contributed by atoms with Crippen LogP contribution in [0.1, 0.15) is 12.5 Å². The first-order valence-electron chi connectivity index (χ1n) is 5.79. The summed E-state index contributed by atoms with van der Waals surface area (Å²) in [5.41, 5.74) is 0.738. The molecule has 98 valence electrons. The molecule has 0 aliphatic rings. The second-order valence-electron chi connectivity index (χ2n) is 3.37. The third-order valence-corrected chi connectivity index (χ3v) is 1.93. The highest BCUT2D eigenvalue weighted by Crippen LogP contribution is 1.94. The zero-order valence-corrected chi connectivity index (χ0v) is 10.6. The minimum Gasteiger partial charge on any atom is -0.463 e. The van der Waals surface area contributed by atoms with Gasteiger partial charge in [-0.1, -0.05) is 24.1 Å². The van der Waals surface area contributed by atoms with Gasteiger partial charge in [-0.05, 0) is 25.1 Å². The molecule has 0 atom stereocenters. The van der Waals surface area contributed by atoms with E-state index in [1.807, 2.05) is 18.2 Å². The molecule has 0 unspecified atom stereocenters. The Morgan fingerprint density at radius 3 is 2.63 bits per heavy atom. The van der Waals surface area contributed by atoms with E-state index in [-0.39, 0.29) is 6.61 Å². The van der Waals surface area contributed by atoms with E-state index in [0.29, 0.717) is 6.61 Å². The van der Waals surface area contributed by atoms with Crippen LogP contribution in [0.15, 0.2) is 42.5 Å². The predicted molar refractivity (Wildman–Crippen MR) is 70.1 cm³/mol. The Bertz CT molecular complexity index is 506. The summed E-state index contributed by atoms with van der Waals surface area (Å²) in [6.45, 7) is 2.01. The highest BCUT2D eigenvalue weighted by atomic mass is 16.5. The van der Waals surface area contributed by atoms with Gasteiger partial charge in [0, 0.05) is 17.6 Å². The number of rotatable bonds is 4. The van der Waals surface area contributed by atoms with Crippen LogP contribution >= 0.6 is 0 Å². The van der Waals surface area contributed by atoms with Crippen LogP contribution in [0, 0.1) is 11.8 Å². The molecule has 0 bridgehead atoms. The molecule has 0 aliphatic heterocycles. The maximum absolute atomic E-state index is 11.2. The minimum absolute atomic E-state index is 0.0128. The molecule has 0 fully saturated rings. The van der Waals surface area contributed by atoms with Crippen molar-refractivity contribution in [2.45, 2.75) is 6.92 Å². The third-order valence-electron chi connectivity index (χ3n) is 1.93. The maximum atomic E-state index is 11.2. The number of carbonyl (C=O) groups excluding carboxylic acids is 2. The van der Waals surface area contributed by atoms with Crippen molar-refractivity contribution in [1.82, 2.24) is 0 Å². The number of benzene rings is 1. The molecule has 0 amide bonds. The van der Waals surface area contributed by atoms with Gasteiger partial charge in [-0.15, -0.1) is 0 Å². The Kier molecular flexibility index (Phi) is 6.52. The first kappa shape index (κ1) is 14.5. The lowest BCUT2D eigenvalue weighted by Crippen LogP contribution is -2.03. The molecule has 0 heterocycles. The molecule has 1 rings (SSSR count). The average Bonchev–Trinajstić information content (AvgIpc) is 2.43. The number of hydrogen-bond donors (Lipinski definition) is 0. The molecule has 0 saturated carbocycles. The monoisotopic (exact) mass is 258 g/mol. The minimum atomic E-state index is -0.641. The Labute approximate surface area is 112 Å². The van der Waals surface area contributed by atoms with Gasteiger partial charge in [0.1, 0.15) is 6.61 Å². The molecule has 0 saturated heterocycles. The summed E-state index contributed by atoms with van der Waals surface area (Å²) < 4.78 is 9.45. The van der Waals surface area contributed by atoms with Crippen molar-refractivity contribution in [3.05, 3.63) is 48.0 Å². The zero-order chi connectivity index (χ0) is 13.9. The molecule has 4 heteroatoms. The van der Waals surface area contributed by atoms with E-state index in [9.17, 15) is 9.59 Å². The standard InChI is InChI=1S/C15H14O4/c1-2-18-14(16)9-6-12-19-15(17)11-10-13-7-4-3-5-8-13/h3-9H,2,12H2,1H3/b9-6+. The van der Waals surface area contributed by atoms with E-state index in [1.165, 1.54) is 12.2 Å². The maximum Gasteiger partial charge on any atom is 0.385 e. The molecule has 19 heavy (non-hydrogen) atoms. The first-order valence-corrected chi connectivity index (χ1v) is 5.79. The molecule has 0 spiro atoms. The molecule has 4 nitrogen and oxygen atoms in total. The van der Waals surface area contributed by atoms with E-state index in [0.717, 1.165) is 5.56 Å². The summed E-state index contributed by atoms with van der Waals surface area (Å²) in [5, 5.41) is 0. The van der Waals surface area contributed by atoms with E-state index in [2.05, 4.69) is 16.6 Å². The Balaban J connectivity index is 2.33. The van der Waals surface area contributed by atoms with Gasteiger partial charge >= 0.3 is 11.9 Å². The van der Waals surface area contributed by atoms with Gasteiger partial charge in [0.2, 0.25) is 0 Å². The second-order valence-corrected chi connectivity index (χ2v) is 3.37. The first-order chi connectivity index (χ1) is 9.22. The summed E-state index contributed by atoms with van der Waals surface area (Å²) in [5.74, 6) is 3.92. The van der Waals surface area contributed by atoms with Crippen LogP contribution in [-0.2, 0) is 19.1 Å². The van der Waals surface area contributed by atoms with Crippen LogP contribution in [0.4, 0.5) is 0 Å². The number of carbonyl (C=O) groups is 2. The van der Waals surface area contributed by atoms with E-state index in [4.69, 9.17) is 4.74 Å². The lowest BCUT2D eigenvalue weighted by Gasteiger charge is -1.95. The van der Waals surface area contributed by atoms with E-state index < -0.39 is 11.9 Å². The van der Waals surface area contributed by atoms with Gasteiger partial charge in [0.05, 0.1) is 6.61 Å². The van der Waals surface area contributed by atoms with Crippen molar-refractivity contribution in [1.29, 1.82) is 0 Å². The van der Waals surface area contributed by atoms with Crippen LogP contribution in [0.25, 0.3) is 0 Å². The Morgan fingerprint density at radius 2 is 1.95 bits per heavy atom. The van der Waals surface area contributed by atoms with Gasteiger partial charge < -0.3 is 9.47 Å². The second kappa shape index (κ2) is 8.54. The average molecular weight is 258 g/mol. The Morgan fingerprint density at radius 1 is 1.21 bits per heavy atom. The van der Waals surface area contributed by atoms with Gasteiger partial charge in [-0.25, -0.2) is 9.59 Å². The van der Waals surface area contributed by atoms with Crippen LogP contribution in [0.5, 0.6) is 0 Å². The predicted octanol–water partition coefficient (Wildman–Crippen LogP) is 1.70. The molecule has 1 aromatic carbocycles. The summed E-state index contributed by atoms with van der Waals surface area (Å²) in [6.07, 6.45) is 2.61. The highest BCUT2D eigenvalue weighted by Gasteiger charge is 1.96. The SMILES string of the molecule is CCOC(=O)/C=C/COC(=O)C#Cc1ccccc1. The molecule has 0 aliphatic carbocycles. The number of hydrogen-bond acceptors (Lipinski definition) is 4. The van der Waals surface area contributed by atoms with E-state index >= 15 is 0 Å². The summed E-state index contributed by atoms with van der Waals surface area (Å²) in [7, 11) is 0. The van der Waals surface area contributed by atoms with Crippen molar-refractivity contribution >= 4 is 11.9 Å². The molecule has 0 N–H and O–H groups in total. The van der Waals surface area contributed by atoms with Gasteiger partial charge in [-0.2, -0.15) is 0 Å². The van der Waals surface area contributed by atoms with Gasteiger partial charge in [0.25, 0.3) is 0 Å². The van der Waals surface area contributed by atoms with Gasteiger partial charge in [0.15, 0.2) is 0 Å². The topological polar surface area (TPSA) is 52.6 Å². The molecule has 0 radical (unpaired) electrons. The largest absolute Gasteiger partial charge is 0.463 e. The fraction of sp³-hybridized carbons (Fsp3) is 0.200. The summed E-state index contributed by atoms with van der Waals surface area (Å²) >= 11 is 0. The van der Waals surface area contributed by atoms with Crippen molar-refractivity contribution in [2.24, 2.45) is 0 Å². The fourth-order valence-electron chi connectivity index (χ4n) is 1.14. The lowest BCUT2D eigenvalue weighted by atomic mass is 10.2. The smallest absolute Gasteiger partial charge is 0.385 e. The van der Waals surface area contributed by atoms with Crippen LogP contribution in [0.3, 0.4) is 0 Å². The highest BCUT2D eigenvalue weighted by molar-refractivity contribution is 5.89. The van der Waals surface area contributed by atoms with Crippen LogP contribution < -0.4 is 0 Å².